The molecule has 2 N–H and O–H groups in total. The maximum Gasteiger partial charge on any atom is 0.180 e. The number of hydrogen-bond donors (Lipinski definition) is 1. The van der Waals surface area contributed by atoms with Gasteiger partial charge >= 0.3 is 0 Å². The molecular weight excluding hydrogens is 280 g/mol. The molecule has 0 saturated carbocycles. The van der Waals surface area contributed by atoms with Gasteiger partial charge in [0.25, 0.3) is 0 Å². The van der Waals surface area contributed by atoms with Gasteiger partial charge < -0.3 is 5.73 Å². The molecule has 96 valence electrons. The molecular formula is C13H11ClN4S. The van der Waals surface area contributed by atoms with E-state index in [1.54, 1.807) is 6.20 Å². The van der Waals surface area contributed by atoms with Gasteiger partial charge in [-0.25, -0.2) is 9.67 Å². The van der Waals surface area contributed by atoms with Crippen molar-refractivity contribution < 1.29 is 0 Å². The molecule has 4 nitrogen and oxygen atoms in total. The Bertz CT molecular complexity index is 732. The number of halogens is 1. The van der Waals surface area contributed by atoms with Crippen molar-refractivity contribution in [2.75, 3.05) is 5.73 Å². The Morgan fingerprint density at radius 2 is 2.21 bits per heavy atom. The summed E-state index contributed by atoms with van der Waals surface area (Å²) in [5.41, 5.74) is 9.44. The van der Waals surface area contributed by atoms with Crippen LogP contribution in [0.4, 0.5) is 5.13 Å². The van der Waals surface area contributed by atoms with Gasteiger partial charge in [0, 0.05) is 16.0 Å². The van der Waals surface area contributed by atoms with Crippen molar-refractivity contribution in [3.8, 4) is 16.9 Å². The van der Waals surface area contributed by atoms with Crippen LogP contribution in [-0.4, -0.2) is 14.8 Å². The summed E-state index contributed by atoms with van der Waals surface area (Å²) in [5.74, 6) is 0. The van der Waals surface area contributed by atoms with Crippen LogP contribution in [0.3, 0.4) is 0 Å². The van der Waals surface area contributed by atoms with Gasteiger partial charge in [-0.05, 0) is 25.1 Å². The van der Waals surface area contributed by atoms with Gasteiger partial charge in [0.15, 0.2) is 5.13 Å². The van der Waals surface area contributed by atoms with E-state index in [1.807, 2.05) is 41.3 Å². The van der Waals surface area contributed by atoms with E-state index in [4.69, 9.17) is 17.3 Å². The molecule has 0 aliphatic carbocycles. The maximum absolute atomic E-state index is 6.01. The molecule has 6 heteroatoms. The molecule has 0 atom stereocenters. The number of nitrogens with two attached hydrogens (primary N) is 1. The first kappa shape index (κ1) is 12.2. The number of hydrogen-bond acceptors (Lipinski definition) is 4. The first-order valence-corrected chi connectivity index (χ1v) is 6.93. The number of nitrogens with zero attached hydrogens (tertiary/aromatic N) is 3. The summed E-state index contributed by atoms with van der Waals surface area (Å²) in [6.07, 6.45) is 1.80. The second-order valence-corrected chi connectivity index (χ2v) is 5.43. The van der Waals surface area contributed by atoms with Gasteiger partial charge in [0.05, 0.1) is 23.3 Å². The van der Waals surface area contributed by atoms with Crippen LogP contribution in [-0.2, 0) is 0 Å². The Morgan fingerprint density at radius 1 is 1.37 bits per heavy atom. The average molecular weight is 291 g/mol. The van der Waals surface area contributed by atoms with Crippen molar-refractivity contribution >= 4 is 28.1 Å². The molecule has 2 heterocycles. The summed E-state index contributed by atoms with van der Waals surface area (Å²) in [6.45, 7) is 2.00. The van der Waals surface area contributed by atoms with E-state index < -0.39 is 0 Å². The van der Waals surface area contributed by atoms with E-state index in [0.717, 1.165) is 22.6 Å². The minimum atomic E-state index is 0.560. The lowest BCUT2D eigenvalue weighted by atomic mass is 10.2. The lowest BCUT2D eigenvalue weighted by molar-refractivity contribution is 0.847. The predicted molar refractivity (Wildman–Crippen MR) is 78.8 cm³/mol. The van der Waals surface area contributed by atoms with Crippen LogP contribution in [0.1, 0.15) is 5.69 Å². The second-order valence-electron chi connectivity index (χ2n) is 4.11. The Kier molecular flexibility index (Phi) is 3.00. The van der Waals surface area contributed by atoms with E-state index in [2.05, 4.69) is 10.1 Å². The third-order valence-electron chi connectivity index (χ3n) is 2.86. The Hall–Kier alpha value is -1.85. The smallest absolute Gasteiger partial charge is 0.180 e. The molecule has 19 heavy (non-hydrogen) atoms. The summed E-state index contributed by atoms with van der Waals surface area (Å²) in [7, 11) is 0. The number of rotatable bonds is 2. The van der Waals surface area contributed by atoms with E-state index in [-0.39, 0.29) is 0 Å². The zero-order valence-electron chi connectivity index (χ0n) is 10.2. The fourth-order valence-electron chi connectivity index (χ4n) is 1.94. The molecule has 0 amide bonds. The first-order valence-electron chi connectivity index (χ1n) is 5.67. The molecule has 3 rings (SSSR count). The Morgan fingerprint density at radius 3 is 2.89 bits per heavy atom. The summed E-state index contributed by atoms with van der Waals surface area (Å²) in [4.78, 5) is 4.28. The third kappa shape index (κ3) is 2.22. The molecule has 1 aromatic carbocycles. The van der Waals surface area contributed by atoms with Crippen LogP contribution in [0.15, 0.2) is 35.8 Å². The van der Waals surface area contributed by atoms with Crippen LogP contribution >= 0.6 is 22.9 Å². The monoisotopic (exact) mass is 290 g/mol. The summed E-state index contributed by atoms with van der Waals surface area (Å²) in [6, 6.07) is 7.58. The van der Waals surface area contributed by atoms with Crippen molar-refractivity contribution in [2.24, 2.45) is 0 Å². The highest BCUT2D eigenvalue weighted by Crippen LogP contribution is 2.27. The van der Waals surface area contributed by atoms with Crippen molar-refractivity contribution in [3.63, 3.8) is 0 Å². The third-order valence-corrected chi connectivity index (χ3v) is 3.77. The average Bonchev–Trinajstić information content (AvgIpc) is 2.95. The zero-order valence-corrected chi connectivity index (χ0v) is 11.7. The molecule has 2 aromatic heterocycles. The van der Waals surface area contributed by atoms with E-state index in [1.165, 1.54) is 11.3 Å². The first-order chi connectivity index (χ1) is 9.15. The molecule has 3 aromatic rings. The Labute approximate surface area is 119 Å². The summed E-state index contributed by atoms with van der Waals surface area (Å²) < 4.78 is 1.84. The lowest BCUT2D eigenvalue weighted by Crippen LogP contribution is -1.98. The number of aromatic nitrogens is 3. The number of thiazole rings is 1. The van der Waals surface area contributed by atoms with E-state index >= 15 is 0 Å². The van der Waals surface area contributed by atoms with Crippen molar-refractivity contribution in [1.82, 2.24) is 14.8 Å². The largest absolute Gasteiger partial charge is 0.375 e. The molecule has 0 aliphatic heterocycles. The fourth-order valence-corrected chi connectivity index (χ4v) is 2.69. The number of benzene rings is 1. The van der Waals surface area contributed by atoms with Crippen LogP contribution in [0.25, 0.3) is 16.9 Å². The minimum Gasteiger partial charge on any atom is -0.375 e. The fraction of sp³-hybridized carbons (Fsp3) is 0.0769. The highest BCUT2D eigenvalue weighted by Gasteiger charge is 2.12. The topological polar surface area (TPSA) is 56.7 Å². The molecule has 0 saturated heterocycles. The van der Waals surface area contributed by atoms with Crippen molar-refractivity contribution in [1.29, 1.82) is 0 Å². The van der Waals surface area contributed by atoms with E-state index in [9.17, 15) is 0 Å². The van der Waals surface area contributed by atoms with Crippen LogP contribution in [0.5, 0.6) is 0 Å². The predicted octanol–water partition coefficient (Wildman–Crippen LogP) is 3.54. The second kappa shape index (κ2) is 4.68. The van der Waals surface area contributed by atoms with E-state index in [0.29, 0.717) is 10.2 Å². The standard InChI is InChI=1S/C13H11ClN4S/c1-8-11(12-7-19-13(15)17-12)6-16-18(8)10-4-2-3-9(14)5-10/h2-7H,1H3,(H2,15,17). The van der Waals surface area contributed by atoms with Gasteiger partial charge in [-0.2, -0.15) is 5.10 Å². The maximum atomic E-state index is 6.01. The zero-order chi connectivity index (χ0) is 13.4. The van der Waals surface area contributed by atoms with Crippen LogP contribution < -0.4 is 5.73 Å². The van der Waals surface area contributed by atoms with Gasteiger partial charge in [-0.3, -0.25) is 0 Å². The normalized spacial score (nSPS) is 10.8. The quantitative estimate of drug-likeness (QED) is 0.785. The van der Waals surface area contributed by atoms with Crippen molar-refractivity contribution in [2.45, 2.75) is 6.92 Å². The molecule has 0 spiro atoms. The molecule has 0 bridgehead atoms. The Balaban J connectivity index is 2.08. The lowest BCUT2D eigenvalue weighted by Gasteiger charge is -2.05. The van der Waals surface area contributed by atoms with Crippen LogP contribution in [0, 0.1) is 6.92 Å². The van der Waals surface area contributed by atoms with Gasteiger partial charge in [-0.1, -0.05) is 17.7 Å². The minimum absolute atomic E-state index is 0.560. The van der Waals surface area contributed by atoms with Crippen LogP contribution in [0.2, 0.25) is 5.02 Å². The SMILES string of the molecule is Cc1c(-c2csc(N)n2)cnn1-c1cccc(Cl)c1. The highest BCUT2D eigenvalue weighted by atomic mass is 35.5. The summed E-state index contributed by atoms with van der Waals surface area (Å²) >= 11 is 7.43. The summed E-state index contributed by atoms with van der Waals surface area (Å²) in [5, 5.41) is 7.57. The number of anilines is 1. The number of nitrogen functional groups attached to an aromatic ring is 1. The molecule has 0 aliphatic rings. The van der Waals surface area contributed by atoms with Gasteiger partial charge in [-0.15, -0.1) is 11.3 Å². The highest BCUT2D eigenvalue weighted by molar-refractivity contribution is 7.13. The van der Waals surface area contributed by atoms with Gasteiger partial charge in [0.2, 0.25) is 0 Å². The van der Waals surface area contributed by atoms with Gasteiger partial charge in [0.1, 0.15) is 0 Å². The molecule has 0 fully saturated rings. The van der Waals surface area contributed by atoms with Crippen molar-refractivity contribution in [3.05, 3.63) is 46.6 Å². The molecule has 0 unspecified atom stereocenters. The molecule has 0 radical (unpaired) electrons.